The second-order valence-corrected chi connectivity index (χ2v) is 6.88. The monoisotopic (exact) mass is 426 g/mol. The number of halogens is 1. The van der Waals surface area contributed by atoms with Crippen molar-refractivity contribution in [2.24, 2.45) is 4.99 Å². The zero-order valence-corrected chi connectivity index (χ0v) is 18.6. The van der Waals surface area contributed by atoms with Crippen LogP contribution >= 0.6 is 11.6 Å². The van der Waals surface area contributed by atoms with Gasteiger partial charge in [0.1, 0.15) is 0 Å². The van der Waals surface area contributed by atoms with Crippen molar-refractivity contribution in [3.05, 3.63) is 28.8 Å². The Morgan fingerprint density at radius 2 is 1.86 bits per heavy atom. The molecule has 1 aromatic rings. The molecule has 29 heavy (non-hydrogen) atoms. The highest BCUT2D eigenvalue weighted by Gasteiger charge is 2.07. The van der Waals surface area contributed by atoms with Crippen LogP contribution in [0.5, 0.6) is 0 Å². The first-order chi connectivity index (χ1) is 14.1. The predicted octanol–water partition coefficient (Wildman–Crippen LogP) is 3.37. The van der Waals surface area contributed by atoms with E-state index in [2.05, 4.69) is 27.9 Å². The molecule has 1 rings (SSSR count). The number of nitrogens with zero attached hydrogens (tertiary/aromatic N) is 1. The van der Waals surface area contributed by atoms with Crippen molar-refractivity contribution in [1.29, 1.82) is 0 Å². The summed E-state index contributed by atoms with van der Waals surface area (Å²) >= 11 is 6.08. The molecule has 0 fully saturated rings. The van der Waals surface area contributed by atoms with Crippen molar-refractivity contribution < 1.29 is 14.3 Å². The molecule has 0 saturated carbocycles. The van der Waals surface area contributed by atoms with Crippen LogP contribution in [-0.2, 0) is 14.3 Å². The van der Waals surface area contributed by atoms with E-state index >= 15 is 0 Å². The average molecular weight is 427 g/mol. The predicted molar refractivity (Wildman–Crippen MR) is 120 cm³/mol. The fraction of sp³-hybridized carbons (Fsp3) is 0.619. The number of unbranched alkanes of at least 4 members (excludes halogenated alkanes) is 1. The number of hydrogen-bond donors (Lipinski definition) is 3. The molecule has 0 aliphatic carbocycles. The lowest BCUT2D eigenvalue weighted by molar-refractivity contribution is -0.116. The number of aliphatic imine (C=N–C) groups is 1. The summed E-state index contributed by atoms with van der Waals surface area (Å²) in [6.45, 7) is 10.3. The van der Waals surface area contributed by atoms with Gasteiger partial charge in [0.2, 0.25) is 5.91 Å². The molecule has 0 aliphatic heterocycles. The number of carbonyl (C=O) groups is 1. The quantitative estimate of drug-likeness (QED) is 0.241. The molecular formula is C21H35ClN4O3. The van der Waals surface area contributed by atoms with Crippen molar-refractivity contribution in [1.82, 2.24) is 10.6 Å². The van der Waals surface area contributed by atoms with Gasteiger partial charge in [0.25, 0.3) is 0 Å². The first-order valence-electron chi connectivity index (χ1n) is 10.3. The van der Waals surface area contributed by atoms with Gasteiger partial charge in [-0.2, -0.15) is 0 Å². The van der Waals surface area contributed by atoms with Crippen molar-refractivity contribution in [3.8, 4) is 0 Å². The Kier molecular flexibility index (Phi) is 13.9. The van der Waals surface area contributed by atoms with E-state index in [0.29, 0.717) is 50.3 Å². The van der Waals surface area contributed by atoms with Gasteiger partial charge >= 0.3 is 0 Å². The zero-order valence-electron chi connectivity index (χ0n) is 17.9. The Labute approximate surface area is 179 Å². The maximum Gasteiger partial charge on any atom is 0.226 e. The summed E-state index contributed by atoms with van der Waals surface area (Å²) < 4.78 is 11.0. The van der Waals surface area contributed by atoms with Gasteiger partial charge in [0, 0.05) is 36.8 Å². The highest BCUT2D eigenvalue weighted by atomic mass is 35.5. The van der Waals surface area contributed by atoms with Gasteiger partial charge < -0.3 is 25.4 Å². The Hall–Kier alpha value is -1.83. The van der Waals surface area contributed by atoms with E-state index in [-0.39, 0.29) is 5.91 Å². The summed E-state index contributed by atoms with van der Waals surface area (Å²) in [4.78, 5) is 16.6. The highest BCUT2D eigenvalue weighted by molar-refractivity contribution is 6.31. The molecule has 0 heterocycles. The standard InChI is InChI=1S/C21H35ClN4O3/c1-4-6-13-28-15-16-29-14-12-25-21(23-5-2)24-11-10-20(27)26-19-9-7-8-18(22)17(19)3/h7-9H,4-6,10-16H2,1-3H3,(H,26,27)(H2,23,24,25). The Bertz CT molecular complexity index is 626. The number of carbonyl (C=O) groups excluding carboxylic acids is 1. The minimum absolute atomic E-state index is 0.0786. The molecule has 1 aromatic carbocycles. The van der Waals surface area contributed by atoms with Crippen LogP contribution < -0.4 is 16.0 Å². The second kappa shape index (κ2) is 16.0. The van der Waals surface area contributed by atoms with Crippen LogP contribution in [0.15, 0.2) is 23.2 Å². The number of amides is 1. The molecule has 0 aromatic heterocycles. The molecule has 3 N–H and O–H groups in total. The molecule has 0 bridgehead atoms. The third kappa shape index (κ3) is 11.7. The van der Waals surface area contributed by atoms with Crippen molar-refractivity contribution in [2.45, 2.75) is 40.0 Å². The van der Waals surface area contributed by atoms with Crippen LogP contribution in [0.2, 0.25) is 5.02 Å². The Morgan fingerprint density at radius 3 is 2.59 bits per heavy atom. The third-order valence-corrected chi connectivity index (χ3v) is 4.46. The topological polar surface area (TPSA) is 84.0 Å². The lowest BCUT2D eigenvalue weighted by Gasteiger charge is -2.12. The zero-order chi connectivity index (χ0) is 21.3. The summed E-state index contributed by atoms with van der Waals surface area (Å²) in [6.07, 6.45) is 2.54. The molecule has 1 amide bonds. The molecule has 0 unspecified atom stereocenters. The van der Waals surface area contributed by atoms with Gasteiger partial charge in [0.15, 0.2) is 5.96 Å². The minimum Gasteiger partial charge on any atom is -0.379 e. The van der Waals surface area contributed by atoms with Crippen LogP contribution in [0.4, 0.5) is 5.69 Å². The normalized spacial score (nSPS) is 11.4. The number of nitrogens with one attached hydrogen (secondary N) is 3. The lowest BCUT2D eigenvalue weighted by Crippen LogP contribution is -2.39. The van der Waals surface area contributed by atoms with E-state index in [1.165, 1.54) is 0 Å². The van der Waals surface area contributed by atoms with E-state index in [1.807, 2.05) is 26.0 Å². The van der Waals surface area contributed by atoms with E-state index in [4.69, 9.17) is 21.1 Å². The number of hydrogen-bond acceptors (Lipinski definition) is 4. The van der Waals surface area contributed by atoms with Crippen LogP contribution in [0.25, 0.3) is 0 Å². The third-order valence-electron chi connectivity index (χ3n) is 4.05. The summed E-state index contributed by atoms with van der Waals surface area (Å²) in [5.41, 5.74) is 1.60. The van der Waals surface area contributed by atoms with Crippen LogP contribution in [0.1, 0.15) is 38.7 Å². The smallest absolute Gasteiger partial charge is 0.226 e. The average Bonchev–Trinajstić information content (AvgIpc) is 2.70. The van der Waals surface area contributed by atoms with E-state index in [0.717, 1.165) is 37.2 Å². The molecule has 164 valence electrons. The molecule has 0 atom stereocenters. The summed E-state index contributed by atoms with van der Waals surface area (Å²) in [7, 11) is 0. The van der Waals surface area contributed by atoms with Gasteiger partial charge in [-0.25, -0.2) is 0 Å². The highest BCUT2D eigenvalue weighted by Crippen LogP contribution is 2.22. The maximum atomic E-state index is 12.2. The van der Waals surface area contributed by atoms with Crippen molar-refractivity contribution in [3.63, 3.8) is 0 Å². The minimum atomic E-state index is -0.0786. The maximum absolute atomic E-state index is 12.2. The van der Waals surface area contributed by atoms with Crippen molar-refractivity contribution >= 4 is 29.2 Å². The molecule has 0 radical (unpaired) electrons. The summed E-state index contributed by atoms with van der Waals surface area (Å²) in [6, 6.07) is 5.46. The summed E-state index contributed by atoms with van der Waals surface area (Å²) in [5.74, 6) is 0.590. The SMILES string of the molecule is CCCCOCCOCCN=C(NCC)NCCC(=O)Nc1cccc(Cl)c1C. The Morgan fingerprint density at radius 1 is 1.10 bits per heavy atom. The first-order valence-corrected chi connectivity index (χ1v) is 10.7. The van der Waals surface area contributed by atoms with Crippen LogP contribution in [0, 0.1) is 6.92 Å². The van der Waals surface area contributed by atoms with Gasteiger partial charge in [-0.15, -0.1) is 0 Å². The number of benzene rings is 1. The van der Waals surface area contributed by atoms with E-state index < -0.39 is 0 Å². The number of guanidine groups is 1. The fourth-order valence-corrected chi connectivity index (χ4v) is 2.56. The second-order valence-electron chi connectivity index (χ2n) is 6.48. The lowest BCUT2D eigenvalue weighted by atomic mass is 10.2. The number of rotatable bonds is 14. The van der Waals surface area contributed by atoms with Crippen LogP contribution in [0.3, 0.4) is 0 Å². The van der Waals surface area contributed by atoms with Gasteiger partial charge in [-0.3, -0.25) is 9.79 Å². The van der Waals surface area contributed by atoms with Crippen LogP contribution in [-0.4, -0.2) is 57.9 Å². The molecule has 0 aliphatic rings. The van der Waals surface area contributed by atoms with Gasteiger partial charge in [-0.05, 0) is 38.0 Å². The molecule has 7 nitrogen and oxygen atoms in total. The molecule has 8 heteroatoms. The van der Waals surface area contributed by atoms with E-state index in [9.17, 15) is 4.79 Å². The van der Waals surface area contributed by atoms with Gasteiger partial charge in [-0.1, -0.05) is 31.0 Å². The van der Waals surface area contributed by atoms with Crippen molar-refractivity contribution in [2.75, 3.05) is 51.4 Å². The number of anilines is 1. The first kappa shape index (κ1) is 25.2. The van der Waals surface area contributed by atoms with Gasteiger partial charge in [0.05, 0.1) is 26.4 Å². The largest absolute Gasteiger partial charge is 0.379 e. The fourth-order valence-electron chi connectivity index (χ4n) is 2.38. The number of ether oxygens (including phenoxy) is 2. The molecule has 0 spiro atoms. The summed E-state index contributed by atoms with van der Waals surface area (Å²) in [5, 5.41) is 9.84. The van der Waals surface area contributed by atoms with E-state index in [1.54, 1.807) is 6.07 Å². The molecule has 0 saturated heterocycles. The molecular weight excluding hydrogens is 392 g/mol. The Balaban J connectivity index is 2.24.